The molecule has 1 aromatic carbocycles. The van der Waals surface area contributed by atoms with E-state index in [9.17, 15) is 9.90 Å². The van der Waals surface area contributed by atoms with E-state index in [4.69, 9.17) is 4.98 Å². The number of nitrogens with zero attached hydrogens (tertiary/aromatic N) is 5. The summed E-state index contributed by atoms with van der Waals surface area (Å²) in [6, 6.07) is 9.85. The first-order chi connectivity index (χ1) is 14.7. The highest BCUT2D eigenvalue weighted by Gasteiger charge is 2.28. The summed E-state index contributed by atoms with van der Waals surface area (Å²) in [7, 11) is 0. The van der Waals surface area contributed by atoms with E-state index in [0.717, 1.165) is 42.2 Å². The summed E-state index contributed by atoms with van der Waals surface area (Å²) in [5.41, 5.74) is 2.91. The Balaban J connectivity index is 1.17. The molecule has 0 radical (unpaired) electrons. The van der Waals surface area contributed by atoms with Crippen LogP contribution in [0.4, 0.5) is 5.95 Å². The smallest absolute Gasteiger partial charge is 0.225 e. The molecule has 1 aliphatic heterocycles. The minimum absolute atomic E-state index is 0.0103. The molecule has 2 aromatic heterocycles. The Morgan fingerprint density at radius 2 is 2.03 bits per heavy atom. The predicted octanol–water partition coefficient (Wildman–Crippen LogP) is 1.98. The van der Waals surface area contributed by atoms with Crippen LogP contribution in [0.1, 0.15) is 43.1 Å². The molecule has 8 nitrogen and oxygen atoms in total. The van der Waals surface area contributed by atoms with E-state index in [2.05, 4.69) is 20.2 Å². The molecule has 1 saturated carbocycles. The van der Waals surface area contributed by atoms with Crippen LogP contribution in [0, 0.1) is 0 Å². The third-order valence-corrected chi connectivity index (χ3v) is 5.93. The average molecular weight is 406 g/mol. The van der Waals surface area contributed by atoms with E-state index < -0.39 is 0 Å². The summed E-state index contributed by atoms with van der Waals surface area (Å²) in [6.45, 7) is 1.93. The van der Waals surface area contributed by atoms with Gasteiger partial charge in [0.05, 0.1) is 11.0 Å². The first kappa shape index (κ1) is 19.0. The number of rotatable bonds is 7. The first-order valence-corrected chi connectivity index (χ1v) is 10.6. The van der Waals surface area contributed by atoms with Crippen molar-refractivity contribution in [1.82, 2.24) is 24.8 Å². The maximum Gasteiger partial charge on any atom is 0.225 e. The van der Waals surface area contributed by atoms with Crippen LogP contribution in [0.2, 0.25) is 0 Å². The lowest BCUT2D eigenvalue weighted by atomic mass is 10.2. The second-order valence-electron chi connectivity index (χ2n) is 8.13. The third-order valence-electron chi connectivity index (χ3n) is 5.93. The standard InChI is InChI=1S/C22H26N6O2/c29-14-20-25-18-3-1-2-4-19(18)28(20)12-9-21(30)24-16-8-11-27(13-16)22-23-10-7-17(26-22)15-5-6-15/h1-4,7,10,15-16,29H,5-6,8-9,11-14H2,(H,24,30). The highest BCUT2D eigenvalue weighted by molar-refractivity contribution is 5.78. The predicted molar refractivity (Wildman–Crippen MR) is 113 cm³/mol. The molecule has 1 atom stereocenters. The number of aliphatic hydroxyl groups is 1. The van der Waals surface area contributed by atoms with Crippen LogP contribution < -0.4 is 10.2 Å². The number of hydrogen-bond acceptors (Lipinski definition) is 6. The molecule has 5 rings (SSSR count). The monoisotopic (exact) mass is 406 g/mol. The van der Waals surface area contributed by atoms with E-state index in [0.29, 0.717) is 24.7 Å². The fourth-order valence-corrected chi connectivity index (χ4v) is 4.19. The van der Waals surface area contributed by atoms with Gasteiger partial charge in [0, 0.05) is 49.9 Å². The van der Waals surface area contributed by atoms with Crippen molar-refractivity contribution in [2.45, 2.75) is 50.8 Å². The molecule has 8 heteroatoms. The van der Waals surface area contributed by atoms with Crippen molar-refractivity contribution < 1.29 is 9.90 Å². The van der Waals surface area contributed by atoms with E-state index in [-0.39, 0.29) is 18.6 Å². The number of benzene rings is 1. The summed E-state index contributed by atoms with van der Waals surface area (Å²) < 4.78 is 1.92. The summed E-state index contributed by atoms with van der Waals surface area (Å²) in [4.78, 5) is 28.3. The van der Waals surface area contributed by atoms with Crippen molar-refractivity contribution in [3.05, 3.63) is 48.0 Å². The minimum Gasteiger partial charge on any atom is -0.388 e. The van der Waals surface area contributed by atoms with E-state index in [1.165, 1.54) is 12.8 Å². The van der Waals surface area contributed by atoms with Gasteiger partial charge >= 0.3 is 0 Å². The van der Waals surface area contributed by atoms with Gasteiger partial charge in [0.25, 0.3) is 0 Å². The fraction of sp³-hybridized carbons (Fsp3) is 0.455. The average Bonchev–Trinajstić information content (AvgIpc) is 3.42. The molecule has 2 N–H and O–H groups in total. The van der Waals surface area contributed by atoms with E-state index >= 15 is 0 Å². The maximum absolute atomic E-state index is 12.6. The Morgan fingerprint density at radius 3 is 2.87 bits per heavy atom. The zero-order valence-electron chi connectivity index (χ0n) is 16.9. The first-order valence-electron chi connectivity index (χ1n) is 10.6. The number of fused-ring (bicyclic) bond motifs is 1. The lowest BCUT2D eigenvalue weighted by molar-refractivity contribution is -0.121. The molecule has 1 unspecified atom stereocenters. The van der Waals surface area contributed by atoms with Gasteiger partial charge in [-0.1, -0.05) is 12.1 Å². The molecule has 3 aromatic rings. The Hall–Kier alpha value is -3.00. The van der Waals surface area contributed by atoms with Gasteiger partial charge in [-0.2, -0.15) is 0 Å². The van der Waals surface area contributed by atoms with Gasteiger partial charge in [-0.15, -0.1) is 0 Å². The quantitative estimate of drug-likeness (QED) is 0.623. The summed E-state index contributed by atoms with van der Waals surface area (Å²) in [6.07, 6.45) is 5.52. The summed E-state index contributed by atoms with van der Waals surface area (Å²) in [5, 5.41) is 12.8. The zero-order valence-corrected chi connectivity index (χ0v) is 16.9. The SMILES string of the molecule is O=C(CCn1c(CO)nc2ccccc21)NC1CCN(c2nccc(C3CC3)n2)C1. The molecule has 1 saturated heterocycles. The van der Waals surface area contributed by atoms with Gasteiger partial charge in [0.15, 0.2) is 0 Å². The Morgan fingerprint density at radius 1 is 1.17 bits per heavy atom. The lowest BCUT2D eigenvalue weighted by Crippen LogP contribution is -2.37. The van der Waals surface area contributed by atoms with Crippen molar-refractivity contribution in [2.24, 2.45) is 0 Å². The molecule has 3 heterocycles. The molecule has 2 aliphatic rings. The molecule has 0 spiro atoms. The molecular formula is C22H26N6O2. The van der Waals surface area contributed by atoms with Crippen molar-refractivity contribution in [3.63, 3.8) is 0 Å². The zero-order chi connectivity index (χ0) is 20.5. The number of amides is 1. The van der Waals surface area contributed by atoms with Crippen molar-refractivity contribution in [1.29, 1.82) is 0 Å². The number of aryl methyl sites for hydroxylation is 1. The number of carbonyl (C=O) groups is 1. The number of anilines is 1. The molecule has 1 aliphatic carbocycles. The van der Waals surface area contributed by atoms with Gasteiger partial charge in [-0.25, -0.2) is 15.0 Å². The van der Waals surface area contributed by atoms with Gasteiger partial charge in [0.1, 0.15) is 12.4 Å². The van der Waals surface area contributed by atoms with Crippen LogP contribution in [0.15, 0.2) is 36.5 Å². The number of nitrogens with one attached hydrogen (secondary N) is 1. The molecule has 1 amide bonds. The Labute approximate surface area is 175 Å². The van der Waals surface area contributed by atoms with Crippen LogP contribution in [0.3, 0.4) is 0 Å². The molecule has 0 bridgehead atoms. The van der Waals surface area contributed by atoms with Crippen LogP contribution in [0.5, 0.6) is 0 Å². The highest BCUT2D eigenvalue weighted by atomic mass is 16.3. The molecule has 156 valence electrons. The van der Waals surface area contributed by atoms with E-state index in [1.54, 1.807) is 0 Å². The van der Waals surface area contributed by atoms with E-state index in [1.807, 2.05) is 41.1 Å². The summed E-state index contributed by atoms with van der Waals surface area (Å²) >= 11 is 0. The number of imidazole rings is 1. The fourth-order valence-electron chi connectivity index (χ4n) is 4.19. The second kappa shape index (κ2) is 8.02. The highest BCUT2D eigenvalue weighted by Crippen LogP contribution is 2.39. The third kappa shape index (κ3) is 3.87. The Kier molecular flexibility index (Phi) is 5.08. The van der Waals surface area contributed by atoms with Gasteiger partial charge in [-0.05, 0) is 37.5 Å². The topological polar surface area (TPSA) is 96.2 Å². The number of aliphatic hydroxyl groups excluding tert-OH is 1. The van der Waals surface area contributed by atoms with Crippen LogP contribution in [0.25, 0.3) is 11.0 Å². The maximum atomic E-state index is 12.6. The number of hydrogen-bond donors (Lipinski definition) is 2. The van der Waals surface area contributed by atoms with Gasteiger partial charge < -0.3 is 19.9 Å². The largest absolute Gasteiger partial charge is 0.388 e. The van der Waals surface area contributed by atoms with Gasteiger partial charge in [-0.3, -0.25) is 4.79 Å². The van der Waals surface area contributed by atoms with Crippen molar-refractivity contribution >= 4 is 22.9 Å². The second-order valence-corrected chi connectivity index (χ2v) is 8.13. The van der Waals surface area contributed by atoms with Crippen LogP contribution in [-0.4, -0.2) is 49.7 Å². The summed E-state index contributed by atoms with van der Waals surface area (Å²) in [5.74, 6) is 1.97. The minimum atomic E-state index is -0.145. The number of carbonyl (C=O) groups excluding carboxylic acids is 1. The van der Waals surface area contributed by atoms with Gasteiger partial charge in [0.2, 0.25) is 11.9 Å². The molecule has 2 fully saturated rings. The number of para-hydroxylation sites is 2. The number of aromatic nitrogens is 4. The van der Waals surface area contributed by atoms with Crippen LogP contribution in [-0.2, 0) is 17.9 Å². The van der Waals surface area contributed by atoms with Crippen molar-refractivity contribution in [2.75, 3.05) is 18.0 Å². The van der Waals surface area contributed by atoms with Crippen molar-refractivity contribution in [3.8, 4) is 0 Å². The normalized spacial score (nSPS) is 18.8. The molecular weight excluding hydrogens is 380 g/mol. The lowest BCUT2D eigenvalue weighted by Gasteiger charge is -2.17. The molecule has 30 heavy (non-hydrogen) atoms. The van der Waals surface area contributed by atoms with Crippen LogP contribution >= 0.6 is 0 Å². The Bertz CT molecular complexity index is 1060.